The van der Waals surface area contributed by atoms with Crippen LogP contribution in [0.4, 0.5) is 0 Å². The van der Waals surface area contributed by atoms with E-state index in [1.54, 1.807) is 18.2 Å². The number of rotatable bonds is 3. The van der Waals surface area contributed by atoms with E-state index in [0.717, 1.165) is 10.9 Å². The maximum Gasteiger partial charge on any atom is 0.227 e. The molecule has 0 saturated carbocycles. The Kier molecular flexibility index (Phi) is 3.42. The first kappa shape index (κ1) is 13.8. The van der Waals surface area contributed by atoms with Crippen molar-refractivity contribution in [1.82, 2.24) is 0 Å². The molecule has 4 rings (SSSR count). The Bertz CT molecular complexity index is 883. The molecule has 0 bridgehead atoms. The minimum atomic E-state index is 0.0447. The Morgan fingerprint density at radius 2 is 1.74 bits per heavy atom. The number of hydrogen-bond donors (Lipinski definition) is 0. The molecule has 4 nitrogen and oxygen atoms in total. The maximum absolute atomic E-state index is 12.6. The zero-order valence-corrected chi connectivity index (χ0v) is 12.6. The van der Waals surface area contributed by atoms with Gasteiger partial charge in [0.1, 0.15) is 13.2 Å². The highest BCUT2D eigenvalue weighted by atomic mass is 16.6. The van der Waals surface area contributed by atoms with E-state index in [9.17, 15) is 4.79 Å². The van der Waals surface area contributed by atoms with Crippen LogP contribution >= 0.6 is 0 Å². The van der Waals surface area contributed by atoms with Gasteiger partial charge in [0.15, 0.2) is 17.7 Å². The number of ether oxygens (including phenoxy) is 2. The largest absolute Gasteiger partial charge is 0.486 e. The lowest BCUT2D eigenvalue weighted by atomic mass is 10.1. The summed E-state index contributed by atoms with van der Waals surface area (Å²) in [5.41, 5.74) is 1.68. The summed E-state index contributed by atoms with van der Waals surface area (Å²) in [6, 6.07) is 17.4. The fourth-order valence-electron chi connectivity index (χ4n) is 2.82. The lowest BCUT2D eigenvalue weighted by molar-refractivity contribution is -0.657. The second-order valence-electron chi connectivity index (χ2n) is 5.48. The lowest BCUT2D eigenvalue weighted by Crippen LogP contribution is -2.38. The van der Waals surface area contributed by atoms with Crippen LogP contribution in [0.25, 0.3) is 10.9 Å². The second kappa shape index (κ2) is 5.72. The molecule has 0 aliphatic carbocycles. The summed E-state index contributed by atoms with van der Waals surface area (Å²) in [5.74, 6) is 1.39. The first-order valence-corrected chi connectivity index (χ1v) is 7.61. The lowest BCUT2D eigenvalue weighted by Gasteiger charge is -2.18. The Hall–Kier alpha value is -2.88. The van der Waals surface area contributed by atoms with Crippen LogP contribution < -0.4 is 14.0 Å². The van der Waals surface area contributed by atoms with Gasteiger partial charge in [-0.2, -0.15) is 4.57 Å². The first-order valence-electron chi connectivity index (χ1n) is 7.61. The van der Waals surface area contributed by atoms with Crippen molar-refractivity contribution in [2.75, 3.05) is 13.2 Å². The molecule has 1 aromatic heterocycles. The summed E-state index contributed by atoms with van der Waals surface area (Å²) >= 11 is 0. The van der Waals surface area contributed by atoms with Crippen molar-refractivity contribution in [3.05, 3.63) is 66.4 Å². The average molecular weight is 306 g/mol. The van der Waals surface area contributed by atoms with E-state index < -0.39 is 0 Å². The summed E-state index contributed by atoms with van der Waals surface area (Å²) in [7, 11) is 0. The number of hydrogen-bond acceptors (Lipinski definition) is 3. The van der Waals surface area contributed by atoms with E-state index in [-0.39, 0.29) is 5.78 Å². The van der Waals surface area contributed by atoms with E-state index in [1.807, 2.05) is 47.2 Å². The van der Waals surface area contributed by atoms with Crippen LogP contribution in [0.1, 0.15) is 10.4 Å². The molecule has 23 heavy (non-hydrogen) atoms. The van der Waals surface area contributed by atoms with Gasteiger partial charge >= 0.3 is 0 Å². The number of fused-ring (bicyclic) bond motifs is 2. The number of para-hydroxylation sites is 1. The number of carbonyl (C=O) groups is 1. The monoisotopic (exact) mass is 306 g/mol. The van der Waals surface area contributed by atoms with Crippen molar-refractivity contribution in [2.45, 2.75) is 6.54 Å². The summed E-state index contributed by atoms with van der Waals surface area (Å²) in [5, 5.41) is 1.12. The molecule has 0 radical (unpaired) electrons. The molecule has 0 amide bonds. The van der Waals surface area contributed by atoms with Crippen molar-refractivity contribution < 1.29 is 18.8 Å². The number of ketones is 1. The Morgan fingerprint density at radius 3 is 2.65 bits per heavy atom. The standard InChI is InChI=1S/C19H16NO3/c21-17(15-7-8-18-19(12-15)23-11-10-22-18)13-20-9-3-5-14-4-1-2-6-16(14)20/h1-9,12H,10-11,13H2/q+1. The van der Waals surface area contributed by atoms with E-state index in [1.165, 1.54) is 0 Å². The van der Waals surface area contributed by atoms with Gasteiger partial charge < -0.3 is 9.47 Å². The number of aromatic nitrogens is 1. The molecule has 114 valence electrons. The fourth-order valence-corrected chi connectivity index (χ4v) is 2.82. The van der Waals surface area contributed by atoms with Crippen LogP contribution in [0, 0.1) is 0 Å². The van der Waals surface area contributed by atoms with Gasteiger partial charge in [-0.25, -0.2) is 0 Å². The van der Waals surface area contributed by atoms with Gasteiger partial charge in [-0.15, -0.1) is 0 Å². The Balaban J connectivity index is 1.64. The predicted octanol–water partition coefficient (Wildman–Crippen LogP) is 2.78. The minimum absolute atomic E-state index is 0.0447. The quantitative estimate of drug-likeness (QED) is 0.552. The Morgan fingerprint density at radius 1 is 0.957 bits per heavy atom. The molecule has 0 spiro atoms. The number of pyridine rings is 1. The SMILES string of the molecule is O=C(C[n+]1cccc2ccccc21)c1ccc2c(c1)OCCO2. The summed E-state index contributed by atoms with van der Waals surface area (Å²) < 4.78 is 13.0. The molecule has 1 aliphatic heterocycles. The van der Waals surface area contributed by atoms with E-state index in [0.29, 0.717) is 36.8 Å². The van der Waals surface area contributed by atoms with Gasteiger partial charge in [-0.05, 0) is 30.3 Å². The normalized spacial score (nSPS) is 13.0. The molecule has 2 heterocycles. The zero-order valence-electron chi connectivity index (χ0n) is 12.6. The molecule has 2 aromatic carbocycles. The predicted molar refractivity (Wildman–Crippen MR) is 85.9 cm³/mol. The van der Waals surface area contributed by atoms with E-state index >= 15 is 0 Å². The highest BCUT2D eigenvalue weighted by Gasteiger charge is 2.18. The van der Waals surface area contributed by atoms with Gasteiger partial charge in [-0.3, -0.25) is 4.79 Å². The first-order chi connectivity index (χ1) is 11.3. The van der Waals surface area contributed by atoms with Crippen molar-refractivity contribution >= 4 is 16.7 Å². The molecule has 0 atom stereocenters. The number of benzene rings is 2. The van der Waals surface area contributed by atoms with Gasteiger partial charge in [0.2, 0.25) is 17.8 Å². The average Bonchev–Trinajstić information content (AvgIpc) is 2.61. The van der Waals surface area contributed by atoms with Crippen LogP contribution in [0.3, 0.4) is 0 Å². The van der Waals surface area contributed by atoms with Crippen LogP contribution in [0.2, 0.25) is 0 Å². The fraction of sp³-hybridized carbons (Fsp3) is 0.158. The van der Waals surface area contributed by atoms with Crippen LogP contribution in [-0.2, 0) is 6.54 Å². The zero-order chi connectivity index (χ0) is 15.6. The highest BCUT2D eigenvalue weighted by Crippen LogP contribution is 2.30. The van der Waals surface area contributed by atoms with Crippen molar-refractivity contribution in [1.29, 1.82) is 0 Å². The summed E-state index contributed by atoms with van der Waals surface area (Å²) in [6.07, 6.45) is 1.93. The molecular formula is C19H16NO3+. The molecule has 4 heteroatoms. The third-order valence-corrected chi connectivity index (χ3v) is 3.97. The highest BCUT2D eigenvalue weighted by molar-refractivity contribution is 5.96. The topological polar surface area (TPSA) is 39.4 Å². The van der Waals surface area contributed by atoms with E-state index in [4.69, 9.17) is 9.47 Å². The minimum Gasteiger partial charge on any atom is -0.486 e. The molecule has 1 aliphatic rings. The van der Waals surface area contributed by atoms with Gasteiger partial charge in [0, 0.05) is 23.1 Å². The van der Waals surface area contributed by atoms with Crippen LogP contribution in [0.5, 0.6) is 11.5 Å². The molecule has 0 fully saturated rings. The molecule has 3 aromatic rings. The summed E-state index contributed by atoms with van der Waals surface area (Å²) in [4.78, 5) is 12.6. The van der Waals surface area contributed by atoms with E-state index in [2.05, 4.69) is 0 Å². The van der Waals surface area contributed by atoms with Crippen molar-refractivity contribution in [2.24, 2.45) is 0 Å². The van der Waals surface area contributed by atoms with Crippen LogP contribution in [0.15, 0.2) is 60.8 Å². The third kappa shape index (κ3) is 2.63. The molecule has 0 saturated heterocycles. The smallest absolute Gasteiger partial charge is 0.227 e. The van der Waals surface area contributed by atoms with Crippen molar-refractivity contribution in [3.63, 3.8) is 0 Å². The molecular weight excluding hydrogens is 290 g/mol. The second-order valence-corrected chi connectivity index (χ2v) is 5.48. The maximum atomic E-state index is 12.6. The third-order valence-electron chi connectivity index (χ3n) is 3.97. The van der Waals surface area contributed by atoms with Gasteiger partial charge in [0.25, 0.3) is 0 Å². The van der Waals surface area contributed by atoms with Crippen molar-refractivity contribution in [3.8, 4) is 11.5 Å². The van der Waals surface area contributed by atoms with Gasteiger partial charge in [-0.1, -0.05) is 12.1 Å². The van der Waals surface area contributed by atoms with Gasteiger partial charge in [0.05, 0.1) is 0 Å². The number of Topliss-reactive ketones (excluding diaryl/α,β-unsaturated/α-hetero) is 1. The van der Waals surface area contributed by atoms with Crippen LogP contribution in [-0.4, -0.2) is 19.0 Å². The number of carbonyl (C=O) groups excluding carboxylic acids is 1. The molecule has 0 N–H and O–H groups in total. The number of nitrogens with zero attached hydrogens (tertiary/aromatic N) is 1. The Labute approximate surface area is 133 Å². The molecule has 0 unspecified atom stereocenters. The summed E-state index contributed by atoms with van der Waals surface area (Å²) in [6.45, 7) is 1.36.